The lowest BCUT2D eigenvalue weighted by atomic mass is 9.72. The number of carbonyl (C=O) groups is 2. The standard InChI is InChI=1S/C13H25NO3/c1-12(2,3)7-9(13(4,5)6)11(16)17-8-10(14)15/h9H,7-8H2,1-6H3,(H2,14,15). The Kier molecular flexibility index (Phi) is 5.17. The Labute approximate surface area is 104 Å². The van der Waals surface area contributed by atoms with Gasteiger partial charge < -0.3 is 10.5 Å². The van der Waals surface area contributed by atoms with E-state index in [1.165, 1.54) is 0 Å². The maximum Gasteiger partial charge on any atom is 0.309 e. The molecule has 4 nitrogen and oxygen atoms in total. The summed E-state index contributed by atoms with van der Waals surface area (Å²) in [6.07, 6.45) is 0.716. The normalized spacial score (nSPS) is 14.2. The molecule has 0 saturated heterocycles. The predicted molar refractivity (Wildman–Crippen MR) is 67.2 cm³/mol. The zero-order valence-corrected chi connectivity index (χ0v) is 11.8. The monoisotopic (exact) mass is 243 g/mol. The molecule has 17 heavy (non-hydrogen) atoms. The molecule has 0 spiro atoms. The van der Waals surface area contributed by atoms with Crippen LogP contribution < -0.4 is 5.73 Å². The quantitative estimate of drug-likeness (QED) is 0.769. The minimum absolute atomic E-state index is 0.0314. The summed E-state index contributed by atoms with van der Waals surface area (Å²) in [5.74, 6) is -1.20. The van der Waals surface area contributed by atoms with Gasteiger partial charge in [-0.1, -0.05) is 41.5 Å². The zero-order chi connectivity index (χ0) is 13.9. The van der Waals surface area contributed by atoms with Gasteiger partial charge in [-0.15, -0.1) is 0 Å². The third-order valence-corrected chi connectivity index (χ3v) is 2.50. The van der Waals surface area contributed by atoms with Crippen molar-refractivity contribution in [2.24, 2.45) is 22.5 Å². The molecule has 0 aromatic heterocycles. The number of nitrogens with two attached hydrogens (primary N) is 1. The van der Waals surface area contributed by atoms with Crippen LogP contribution in [0.25, 0.3) is 0 Å². The van der Waals surface area contributed by atoms with Crippen molar-refractivity contribution in [2.45, 2.75) is 48.0 Å². The highest BCUT2D eigenvalue weighted by Gasteiger charge is 2.35. The van der Waals surface area contributed by atoms with Crippen molar-refractivity contribution >= 4 is 11.9 Å². The molecule has 0 aromatic rings. The number of hydrogen-bond donors (Lipinski definition) is 1. The van der Waals surface area contributed by atoms with Gasteiger partial charge in [0.2, 0.25) is 0 Å². The molecular formula is C13H25NO3. The fraction of sp³-hybridized carbons (Fsp3) is 0.846. The van der Waals surface area contributed by atoms with Crippen molar-refractivity contribution in [1.29, 1.82) is 0 Å². The van der Waals surface area contributed by atoms with E-state index in [1.54, 1.807) is 0 Å². The molecule has 1 atom stereocenters. The zero-order valence-electron chi connectivity index (χ0n) is 11.8. The van der Waals surface area contributed by atoms with Gasteiger partial charge in [-0.25, -0.2) is 0 Å². The van der Waals surface area contributed by atoms with Gasteiger partial charge in [-0.3, -0.25) is 9.59 Å². The van der Waals surface area contributed by atoms with Crippen LogP contribution in [0.4, 0.5) is 0 Å². The van der Waals surface area contributed by atoms with Crippen LogP contribution in [0.1, 0.15) is 48.0 Å². The molecule has 0 heterocycles. The summed E-state index contributed by atoms with van der Waals surface area (Å²) in [6, 6.07) is 0. The van der Waals surface area contributed by atoms with Gasteiger partial charge in [0, 0.05) is 0 Å². The van der Waals surface area contributed by atoms with E-state index in [0.717, 1.165) is 0 Å². The van der Waals surface area contributed by atoms with Crippen LogP contribution in [0, 0.1) is 16.7 Å². The minimum Gasteiger partial charge on any atom is -0.455 e. The second-order valence-electron chi connectivity index (χ2n) is 6.76. The van der Waals surface area contributed by atoms with Crippen molar-refractivity contribution in [3.63, 3.8) is 0 Å². The van der Waals surface area contributed by atoms with Crippen molar-refractivity contribution in [3.05, 3.63) is 0 Å². The van der Waals surface area contributed by atoms with E-state index in [2.05, 4.69) is 20.8 Å². The van der Waals surface area contributed by atoms with Crippen LogP contribution in [-0.2, 0) is 14.3 Å². The summed E-state index contributed by atoms with van der Waals surface area (Å²) in [4.78, 5) is 22.5. The number of carbonyl (C=O) groups excluding carboxylic acids is 2. The molecule has 2 N–H and O–H groups in total. The Morgan fingerprint density at radius 1 is 1.12 bits per heavy atom. The number of hydrogen-bond acceptors (Lipinski definition) is 3. The second kappa shape index (κ2) is 5.52. The molecule has 0 aliphatic rings. The lowest BCUT2D eigenvalue weighted by molar-refractivity contribution is -0.156. The molecule has 0 aliphatic carbocycles. The van der Waals surface area contributed by atoms with Crippen molar-refractivity contribution in [3.8, 4) is 0 Å². The summed E-state index contributed by atoms with van der Waals surface area (Å²) in [5.41, 5.74) is 4.80. The molecule has 100 valence electrons. The molecular weight excluding hydrogens is 218 g/mol. The maximum absolute atomic E-state index is 11.9. The summed E-state index contributed by atoms with van der Waals surface area (Å²) >= 11 is 0. The van der Waals surface area contributed by atoms with E-state index < -0.39 is 5.91 Å². The minimum atomic E-state index is -0.623. The molecule has 1 unspecified atom stereocenters. The first-order chi connectivity index (χ1) is 7.43. The Hall–Kier alpha value is -1.06. The fourth-order valence-corrected chi connectivity index (χ4v) is 1.60. The molecule has 0 aromatic carbocycles. The first-order valence-corrected chi connectivity index (χ1v) is 5.88. The average molecular weight is 243 g/mol. The average Bonchev–Trinajstić information content (AvgIpc) is 2.07. The molecule has 0 fully saturated rings. The molecule has 0 rings (SSSR count). The second-order valence-corrected chi connectivity index (χ2v) is 6.76. The number of ether oxygens (including phenoxy) is 1. The van der Waals surface area contributed by atoms with Crippen molar-refractivity contribution in [2.75, 3.05) is 6.61 Å². The third-order valence-electron chi connectivity index (χ3n) is 2.50. The third kappa shape index (κ3) is 6.97. The van der Waals surface area contributed by atoms with E-state index >= 15 is 0 Å². The first kappa shape index (κ1) is 15.9. The summed E-state index contributed by atoms with van der Waals surface area (Å²) in [7, 11) is 0. The summed E-state index contributed by atoms with van der Waals surface area (Å²) in [6.45, 7) is 11.9. The van der Waals surface area contributed by atoms with Crippen LogP contribution in [0.5, 0.6) is 0 Å². The van der Waals surface area contributed by atoms with Gasteiger partial charge >= 0.3 is 5.97 Å². The van der Waals surface area contributed by atoms with E-state index in [1.807, 2.05) is 20.8 Å². The lowest BCUT2D eigenvalue weighted by Crippen LogP contribution is -2.35. The van der Waals surface area contributed by atoms with Gasteiger partial charge in [0.25, 0.3) is 5.91 Å². The van der Waals surface area contributed by atoms with Gasteiger partial charge in [-0.05, 0) is 17.3 Å². The molecule has 1 amide bonds. The SMILES string of the molecule is CC(C)(C)CC(C(=O)OCC(N)=O)C(C)(C)C. The highest BCUT2D eigenvalue weighted by Crippen LogP contribution is 2.36. The molecule has 4 heteroatoms. The predicted octanol–water partition coefficient (Wildman–Crippen LogP) is 2.11. The van der Waals surface area contributed by atoms with Crippen LogP contribution >= 0.6 is 0 Å². The van der Waals surface area contributed by atoms with Crippen LogP contribution in [-0.4, -0.2) is 18.5 Å². The van der Waals surface area contributed by atoms with Crippen LogP contribution in [0.15, 0.2) is 0 Å². The molecule has 0 saturated carbocycles. The number of rotatable bonds is 4. The Morgan fingerprint density at radius 2 is 1.59 bits per heavy atom. The number of esters is 1. The van der Waals surface area contributed by atoms with Crippen molar-refractivity contribution in [1.82, 2.24) is 0 Å². The molecule has 0 aliphatic heterocycles. The summed E-state index contributed by atoms with van der Waals surface area (Å²) in [5, 5.41) is 0. The lowest BCUT2D eigenvalue weighted by Gasteiger charge is -2.33. The largest absolute Gasteiger partial charge is 0.455 e. The van der Waals surface area contributed by atoms with E-state index in [9.17, 15) is 9.59 Å². The Balaban J connectivity index is 4.70. The van der Waals surface area contributed by atoms with Gasteiger partial charge in [0.05, 0.1) is 5.92 Å². The van der Waals surface area contributed by atoms with E-state index in [4.69, 9.17) is 10.5 Å². The van der Waals surface area contributed by atoms with Gasteiger partial charge in [0.1, 0.15) is 0 Å². The number of amides is 1. The smallest absolute Gasteiger partial charge is 0.309 e. The van der Waals surface area contributed by atoms with Gasteiger partial charge in [0.15, 0.2) is 6.61 Å². The molecule has 0 bridgehead atoms. The summed E-state index contributed by atoms with van der Waals surface area (Å²) < 4.78 is 4.92. The maximum atomic E-state index is 11.9. The van der Waals surface area contributed by atoms with E-state index in [0.29, 0.717) is 6.42 Å². The highest BCUT2D eigenvalue weighted by molar-refractivity contribution is 5.80. The van der Waals surface area contributed by atoms with E-state index in [-0.39, 0.29) is 29.3 Å². The van der Waals surface area contributed by atoms with Crippen LogP contribution in [0.3, 0.4) is 0 Å². The fourth-order valence-electron chi connectivity index (χ4n) is 1.60. The van der Waals surface area contributed by atoms with Gasteiger partial charge in [-0.2, -0.15) is 0 Å². The molecule has 0 radical (unpaired) electrons. The van der Waals surface area contributed by atoms with Crippen LogP contribution in [0.2, 0.25) is 0 Å². The highest BCUT2D eigenvalue weighted by atomic mass is 16.5. The topological polar surface area (TPSA) is 69.4 Å². The number of primary amides is 1. The Bertz CT molecular complexity index is 284. The Morgan fingerprint density at radius 3 is 1.88 bits per heavy atom. The first-order valence-electron chi connectivity index (χ1n) is 5.88. The van der Waals surface area contributed by atoms with Crippen molar-refractivity contribution < 1.29 is 14.3 Å².